The molecule has 5 heteroatoms. The summed E-state index contributed by atoms with van der Waals surface area (Å²) in [6, 6.07) is 3.89. The van der Waals surface area contributed by atoms with E-state index in [1.165, 1.54) is 12.1 Å². The Hall–Kier alpha value is -1.49. The first-order chi connectivity index (χ1) is 8.45. The standard InChI is InChI=1S/C13H13F3N2/c14-13(15,16)7-1-3-11-9(5-7)10-6-8(17)2-4-12(10)18-11/h1,3,5,8,18H,2,4,6,17H2. The minimum absolute atomic E-state index is 0.0473. The number of nitrogens with one attached hydrogen (secondary N) is 1. The molecule has 1 aromatic heterocycles. The van der Waals surface area contributed by atoms with E-state index in [1.807, 2.05) is 0 Å². The molecule has 1 aliphatic rings. The van der Waals surface area contributed by atoms with Crippen molar-refractivity contribution in [1.29, 1.82) is 0 Å². The smallest absolute Gasteiger partial charge is 0.358 e. The highest BCUT2D eigenvalue weighted by molar-refractivity contribution is 5.85. The van der Waals surface area contributed by atoms with Gasteiger partial charge in [0.25, 0.3) is 0 Å². The van der Waals surface area contributed by atoms with Gasteiger partial charge in [-0.05, 0) is 43.0 Å². The first kappa shape index (κ1) is 11.6. The van der Waals surface area contributed by atoms with Crippen LogP contribution in [0.25, 0.3) is 10.9 Å². The highest BCUT2D eigenvalue weighted by Crippen LogP contribution is 2.34. The van der Waals surface area contributed by atoms with E-state index in [4.69, 9.17) is 5.73 Å². The zero-order chi connectivity index (χ0) is 12.9. The van der Waals surface area contributed by atoms with Gasteiger partial charge in [-0.2, -0.15) is 13.2 Å². The molecule has 0 bridgehead atoms. The van der Waals surface area contributed by atoms with Crippen LogP contribution in [0.3, 0.4) is 0 Å². The van der Waals surface area contributed by atoms with Crippen molar-refractivity contribution in [1.82, 2.24) is 4.98 Å². The summed E-state index contributed by atoms with van der Waals surface area (Å²) < 4.78 is 38.1. The Morgan fingerprint density at radius 3 is 2.78 bits per heavy atom. The third-order valence-electron chi connectivity index (χ3n) is 3.55. The van der Waals surface area contributed by atoms with Gasteiger partial charge in [-0.3, -0.25) is 0 Å². The molecule has 3 N–H and O–H groups in total. The molecule has 1 unspecified atom stereocenters. The number of aromatic nitrogens is 1. The average Bonchev–Trinajstić information content (AvgIpc) is 2.65. The second-order valence-electron chi connectivity index (χ2n) is 4.84. The Labute approximate surface area is 102 Å². The van der Waals surface area contributed by atoms with Crippen LogP contribution in [0.4, 0.5) is 13.2 Å². The number of fused-ring (bicyclic) bond motifs is 3. The van der Waals surface area contributed by atoms with Crippen LogP contribution >= 0.6 is 0 Å². The maximum atomic E-state index is 12.7. The van der Waals surface area contributed by atoms with Gasteiger partial charge >= 0.3 is 6.18 Å². The number of benzene rings is 1. The topological polar surface area (TPSA) is 41.8 Å². The monoisotopic (exact) mass is 254 g/mol. The number of alkyl halides is 3. The molecule has 3 rings (SSSR count). The molecular weight excluding hydrogens is 241 g/mol. The summed E-state index contributed by atoms with van der Waals surface area (Å²) in [6.45, 7) is 0. The van der Waals surface area contributed by atoms with Crippen molar-refractivity contribution in [3.8, 4) is 0 Å². The summed E-state index contributed by atoms with van der Waals surface area (Å²) in [4.78, 5) is 3.19. The van der Waals surface area contributed by atoms with E-state index in [1.54, 1.807) is 0 Å². The van der Waals surface area contributed by atoms with Crippen LogP contribution in [0.2, 0.25) is 0 Å². The maximum absolute atomic E-state index is 12.7. The third kappa shape index (κ3) is 1.79. The molecule has 0 saturated heterocycles. The fourth-order valence-electron chi connectivity index (χ4n) is 2.62. The van der Waals surface area contributed by atoms with Gasteiger partial charge in [-0.15, -0.1) is 0 Å². The predicted molar refractivity (Wildman–Crippen MR) is 63.3 cm³/mol. The van der Waals surface area contributed by atoms with Gasteiger partial charge in [0.15, 0.2) is 0 Å². The van der Waals surface area contributed by atoms with Crippen LogP contribution in [0.5, 0.6) is 0 Å². The van der Waals surface area contributed by atoms with E-state index in [0.717, 1.165) is 35.7 Å². The maximum Gasteiger partial charge on any atom is 0.416 e. The van der Waals surface area contributed by atoms with Gasteiger partial charge in [0.2, 0.25) is 0 Å². The number of hydrogen-bond acceptors (Lipinski definition) is 1. The normalized spacial score (nSPS) is 20.1. The van der Waals surface area contributed by atoms with Gasteiger partial charge in [0, 0.05) is 22.6 Å². The van der Waals surface area contributed by atoms with Gasteiger partial charge in [-0.25, -0.2) is 0 Å². The SMILES string of the molecule is NC1CCc2[nH]c3ccc(C(F)(F)F)cc3c2C1. The highest BCUT2D eigenvalue weighted by atomic mass is 19.4. The fraction of sp³-hybridized carbons (Fsp3) is 0.385. The number of aromatic amines is 1. The second-order valence-corrected chi connectivity index (χ2v) is 4.84. The number of aryl methyl sites for hydroxylation is 1. The summed E-state index contributed by atoms with van der Waals surface area (Å²) in [5.74, 6) is 0. The Balaban J connectivity index is 2.18. The third-order valence-corrected chi connectivity index (χ3v) is 3.55. The van der Waals surface area contributed by atoms with Crippen molar-refractivity contribution in [3.05, 3.63) is 35.0 Å². The van der Waals surface area contributed by atoms with Crippen LogP contribution in [-0.2, 0) is 19.0 Å². The molecule has 1 aromatic carbocycles. The van der Waals surface area contributed by atoms with E-state index in [9.17, 15) is 13.2 Å². The summed E-state index contributed by atoms with van der Waals surface area (Å²) >= 11 is 0. The van der Waals surface area contributed by atoms with Crippen LogP contribution in [0, 0.1) is 0 Å². The zero-order valence-electron chi connectivity index (χ0n) is 9.64. The number of hydrogen-bond donors (Lipinski definition) is 2. The second kappa shape index (κ2) is 3.75. The number of H-pyrrole nitrogens is 1. The largest absolute Gasteiger partial charge is 0.416 e. The van der Waals surface area contributed by atoms with E-state index < -0.39 is 11.7 Å². The van der Waals surface area contributed by atoms with Gasteiger partial charge < -0.3 is 10.7 Å². The zero-order valence-corrected chi connectivity index (χ0v) is 9.64. The van der Waals surface area contributed by atoms with E-state index in [2.05, 4.69) is 4.98 Å². The van der Waals surface area contributed by atoms with Crippen molar-refractivity contribution in [2.75, 3.05) is 0 Å². The van der Waals surface area contributed by atoms with E-state index >= 15 is 0 Å². The van der Waals surface area contributed by atoms with Gasteiger partial charge in [0.05, 0.1) is 5.56 Å². The fourth-order valence-corrected chi connectivity index (χ4v) is 2.62. The lowest BCUT2D eigenvalue weighted by Crippen LogP contribution is -2.27. The van der Waals surface area contributed by atoms with Gasteiger partial charge in [0.1, 0.15) is 0 Å². The summed E-state index contributed by atoms with van der Waals surface area (Å²) in [6.07, 6.45) is -1.95. The first-order valence-electron chi connectivity index (χ1n) is 5.91. The Morgan fingerprint density at radius 2 is 2.06 bits per heavy atom. The minimum Gasteiger partial charge on any atom is -0.358 e. The van der Waals surface area contributed by atoms with Crippen LogP contribution < -0.4 is 5.73 Å². The molecule has 1 aliphatic carbocycles. The molecule has 1 atom stereocenters. The van der Waals surface area contributed by atoms with E-state index in [0.29, 0.717) is 11.8 Å². The lowest BCUT2D eigenvalue weighted by atomic mass is 9.92. The summed E-state index contributed by atoms with van der Waals surface area (Å²) in [5.41, 5.74) is 8.04. The molecule has 1 heterocycles. The van der Waals surface area contributed by atoms with Crippen molar-refractivity contribution >= 4 is 10.9 Å². The highest BCUT2D eigenvalue weighted by Gasteiger charge is 2.31. The Kier molecular flexibility index (Phi) is 2.41. The molecule has 18 heavy (non-hydrogen) atoms. The Bertz CT molecular complexity index is 598. The molecular formula is C13H13F3N2. The minimum atomic E-state index is -4.30. The predicted octanol–water partition coefficient (Wildman–Crippen LogP) is 3.00. The molecule has 0 radical (unpaired) electrons. The lowest BCUT2D eigenvalue weighted by Gasteiger charge is -2.18. The van der Waals surface area contributed by atoms with Crippen molar-refractivity contribution < 1.29 is 13.2 Å². The summed E-state index contributed by atoms with van der Waals surface area (Å²) in [7, 11) is 0. The molecule has 0 aliphatic heterocycles. The van der Waals surface area contributed by atoms with Crippen molar-refractivity contribution in [2.24, 2.45) is 5.73 Å². The summed E-state index contributed by atoms with van der Waals surface area (Å²) in [5, 5.41) is 0.662. The number of rotatable bonds is 0. The average molecular weight is 254 g/mol. The molecule has 0 amide bonds. The van der Waals surface area contributed by atoms with Crippen LogP contribution in [0.15, 0.2) is 18.2 Å². The molecule has 2 aromatic rings. The van der Waals surface area contributed by atoms with Crippen LogP contribution in [0.1, 0.15) is 23.2 Å². The quantitative estimate of drug-likeness (QED) is 0.745. The van der Waals surface area contributed by atoms with Crippen LogP contribution in [-0.4, -0.2) is 11.0 Å². The number of nitrogens with two attached hydrogens (primary N) is 1. The lowest BCUT2D eigenvalue weighted by molar-refractivity contribution is -0.137. The molecule has 0 saturated carbocycles. The molecule has 0 spiro atoms. The first-order valence-corrected chi connectivity index (χ1v) is 5.91. The van der Waals surface area contributed by atoms with Crippen molar-refractivity contribution in [2.45, 2.75) is 31.5 Å². The van der Waals surface area contributed by atoms with Gasteiger partial charge in [-0.1, -0.05) is 0 Å². The molecule has 0 fully saturated rings. The Morgan fingerprint density at radius 1 is 1.28 bits per heavy atom. The van der Waals surface area contributed by atoms with Crippen molar-refractivity contribution in [3.63, 3.8) is 0 Å². The number of halogens is 3. The molecule has 96 valence electrons. The molecule has 2 nitrogen and oxygen atoms in total. The van der Waals surface area contributed by atoms with E-state index in [-0.39, 0.29) is 6.04 Å².